The van der Waals surface area contributed by atoms with Gasteiger partial charge in [0.05, 0.1) is 19.2 Å². The Hall–Kier alpha value is -3.16. The second-order valence-electron chi connectivity index (χ2n) is 13.9. The van der Waals surface area contributed by atoms with Gasteiger partial charge < -0.3 is 33.7 Å². The van der Waals surface area contributed by atoms with Crippen molar-refractivity contribution in [2.24, 2.45) is 0 Å². The number of carbonyl (C=O) groups is 3. The van der Waals surface area contributed by atoms with Crippen molar-refractivity contribution in [3.05, 3.63) is 46.5 Å². The number of amides is 2. The molecule has 1 unspecified atom stereocenters. The number of aliphatic hydroxyl groups is 1. The Morgan fingerprint density at radius 1 is 1.19 bits per heavy atom. The summed E-state index contributed by atoms with van der Waals surface area (Å²) in [5.41, 5.74) is -1.80. The van der Waals surface area contributed by atoms with Crippen LogP contribution < -0.4 is 15.0 Å². The first-order valence-corrected chi connectivity index (χ1v) is 16.6. The fraction of sp³-hybridized carbons (Fsp3) is 0.629. The molecular weight excluding hydrogens is 642 g/mol. The molecule has 4 aliphatic heterocycles. The number of nitrogens with one attached hydrogen (secondary N) is 1. The van der Waals surface area contributed by atoms with Crippen LogP contribution in [0.2, 0.25) is 5.02 Å². The van der Waals surface area contributed by atoms with Crippen molar-refractivity contribution >= 4 is 35.3 Å². The number of likely N-dealkylation sites (N-methyl/N-ethyl adjacent to an activating group) is 1. The van der Waals surface area contributed by atoms with Crippen LogP contribution in [0.15, 0.2) is 35.9 Å². The van der Waals surface area contributed by atoms with Gasteiger partial charge in [-0.15, -0.1) is 0 Å². The lowest BCUT2D eigenvalue weighted by molar-refractivity contribution is -0.328. The van der Waals surface area contributed by atoms with Crippen LogP contribution in [0.4, 0.5) is 10.5 Å². The normalized spacial score (nSPS) is 33.6. The Labute approximate surface area is 288 Å². The Balaban J connectivity index is 1.80. The fourth-order valence-electron chi connectivity index (χ4n) is 6.75. The fourth-order valence-corrected chi connectivity index (χ4v) is 7.06. The van der Waals surface area contributed by atoms with E-state index in [0.717, 1.165) is 11.1 Å². The molecule has 0 radical (unpaired) electrons. The van der Waals surface area contributed by atoms with Gasteiger partial charge in [-0.25, -0.2) is 4.79 Å². The van der Waals surface area contributed by atoms with Gasteiger partial charge in [0.15, 0.2) is 5.72 Å². The van der Waals surface area contributed by atoms with E-state index in [2.05, 4.69) is 5.32 Å². The Bertz CT molecular complexity index is 1460. The number of carbonyl (C=O) groups excluding carboxylic acids is 3. The molecule has 0 aromatic heterocycles. The summed E-state index contributed by atoms with van der Waals surface area (Å²) >= 11 is 6.74. The molecule has 0 saturated carbocycles. The second kappa shape index (κ2) is 14.4. The molecule has 1 aromatic rings. The van der Waals surface area contributed by atoms with Crippen LogP contribution in [0.25, 0.3) is 0 Å². The zero-order chi connectivity index (χ0) is 35.8. The number of methoxy groups -OCH3 is 2. The summed E-state index contributed by atoms with van der Waals surface area (Å²) in [6.07, 6.45) is 2.11. The summed E-state index contributed by atoms with van der Waals surface area (Å²) in [4.78, 5) is 43.6. The number of esters is 1. The summed E-state index contributed by atoms with van der Waals surface area (Å²) in [5, 5.41) is 14.5. The molecule has 12 nitrogen and oxygen atoms in total. The van der Waals surface area contributed by atoms with Gasteiger partial charge in [0.1, 0.15) is 46.3 Å². The third-order valence-corrected chi connectivity index (χ3v) is 10.3. The molecule has 1 aromatic carbocycles. The van der Waals surface area contributed by atoms with E-state index in [0.29, 0.717) is 17.9 Å². The molecule has 0 aliphatic carbocycles. The van der Waals surface area contributed by atoms with Crippen molar-refractivity contribution in [1.29, 1.82) is 0 Å². The zero-order valence-corrected chi connectivity index (χ0v) is 30.3. The number of rotatable bonds is 6. The van der Waals surface area contributed by atoms with Gasteiger partial charge in [-0.3, -0.25) is 19.8 Å². The number of nitrogens with zero attached hydrogens (tertiary/aromatic N) is 2. The molecule has 4 aliphatic rings. The van der Waals surface area contributed by atoms with Crippen LogP contribution in [0, 0.1) is 0 Å². The van der Waals surface area contributed by atoms with Crippen LogP contribution in [0.5, 0.6) is 5.75 Å². The molecule has 2 saturated heterocycles. The van der Waals surface area contributed by atoms with Gasteiger partial charge in [-0.2, -0.15) is 0 Å². The van der Waals surface area contributed by atoms with Crippen molar-refractivity contribution in [3.8, 4) is 5.75 Å². The SMILES string of the molecule is COc1cc2cc(c1Cl)N(C)C(=O)C[C@H](OC(=O)[C@H](C)N(C)C(C)C)[C@@]1(C)CC(C)(O1)[C@@H]1C[C@@](O)(NC(=O)O1)[C@H](OC)/C=C/C=C(\C)C2. The molecule has 13 heteroatoms. The van der Waals surface area contributed by atoms with Crippen molar-refractivity contribution in [1.82, 2.24) is 10.2 Å². The second-order valence-corrected chi connectivity index (χ2v) is 14.3. The van der Waals surface area contributed by atoms with E-state index >= 15 is 0 Å². The number of anilines is 1. The van der Waals surface area contributed by atoms with Gasteiger partial charge in [0.2, 0.25) is 5.91 Å². The number of alkyl carbamates (subject to hydrolysis) is 1. The van der Waals surface area contributed by atoms with E-state index in [1.165, 1.54) is 19.1 Å². The molecule has 2 amide bonds. The monoisotopic (exact) mass is 691 g/mol. The number of hydrogen-bond acceptors (Lipinski definition) is 10. The highest BCUT2D eigenvalue weighted by Crippen LogP contribution is 2.50. The molecule has 5 rings (SSSR count). The van der Waals surface area contributed by atoms with E-state index in [-0.39, 0.29) is 36.2 Å². The average molecular weight is 692 g/mol. The smallest absolute Gasteiger partial charge is 0.409 e. The van der Waals surface area contributed by atoms with E-state index in [1.54, 1.807) is 40.0 Å². The van der Waals surface area contributed by atoms with E-state index < -0.39 is 53.3 Å². The minimum absolute atomic E-state index is 0.0522. The lowest BCUT2D eigenvalue weighted by atomic mass is 9.72. The minimum Gasteiger partial charge on any atom is -0.495 e. The molecule has 4 heterocycles. The zero-order valence-electron chi connectivity index (χ0n) is 29.6. The molecule has 6 bridgehead atoms. The lowest BCUT2D eigenvalue weighted by Crippen LogP contribution is -2.72. The number of fused-ring (bicyclic) bond motifs is 6. The summed E-state index contributed by atoms with van der Waals surface area (Å²) in [6.45, 7) is 11.2. The van der Waals surface area contributed by atoms with Crippen LogP contribution in [0.3, 0.4) is 0 Å². The van der Waals surface area contributed by atoms with Crippen LogP contribution >= 0.6 is 11.6 Å². The maximum Gasteiger partial charge on any atom is 0.409 e. The first-order valence-electron chi connectivity index (χ1n) is 16.2. The summed E-state index contributed by atoms with van der Waals surface area (Å²) < 4.78 is 29.5. The highest BCUT2D eigenvalue weighted by Gasteiger charge is 2.63. The van der Waals surface area contributed by atoms with Crippen molar-refractivity contribution in [2.45, 2.75) is 115 Å². The molecule has 7 atom stereocenters. The summed E-state index contributed by atoms with van der Waals surface area (Å²) in [7, 11) is 6.39. The summed E-state index contributed by atoms with van der Waals surface area (Å²) in [5.74, 6) is -0.470. The number of ether oxygens (including phenoxy) is 5. The maximum absolute atomic E-state index is 14.0. The molecule has 266 valence electrons. The average Bonchev–Trinajstić information content (AvgIpc) is 3.00. The van der Waals surface area contributed by atoms with Gasteiger partial charge in [-0.05, 0) is 72.7 Å². The molecule has 2 N–H and O–H groups in total. The Kier molecular flexibility index (Phi) is 11.3. The maximum atomic E-state index is 14.0. The Morgan fingerprint density at radius 2 is 1.85 bits per heavy atom. The predicted octanol–water partition coefficient (Wildman–Crippen LogP) is 4.54. The highest BCUT2D eigenvalue weighted by molar-refractivity contribution is 6.35. The van der Waals surface area contributed by atoms with Crippen LogP contribution in [-0.2, 0) is 35.0 Å². The van der Waals surface area contributed by atoms with E-state index in [4.69, 9.17) is 35.3 Å². The standard InChI is InChI=1S/C35H50ClN3O9/c1-20(2)38(7)22(4)31(41)46-27-17-29(40)39(8)24-15-23(16-25(44-9)30(24)36)14-21(3)12-11-13-26(45-10)35(43)18-28(47-32(42)37-35)34(6)19-33(27,5)48-34/h11-13,15-16,20,22,26-28,43H,14,17-19H2,1-10H3,(H,37,42)/b13-11+,21-12+/t22-,26+,27-,28-,33+,34?,35-/m0/s1. The van der Waals surface area contributed by atoms with Crippen molar-refractivity contribution in [3.63, 3.8) is 0 Å². The van der Waals surface area contributed by atoms with Crippen molar-refractivity contribution < 1.29 is 43.2 Å². The van der Waals surface area contributed by atoms with Crippen LogP contribution in [-0.4, -0.2) is 104 Å². The first kappa shape index (κ1) is 37.7. The topological polar surface area (TPSA) is 136 Å². The Morgan fingerprint density at radius 3 is 2.46 bits per heavy atom. The lowest BCUT2D eigenvalue weighted by Gasteiger charge is -2.59. The third kappa shape index (κ3) is 7.68. The van der Waals surface area contributed by atoms with Gasteiger partial charge in [0, 0.05) is 33.0 Å². The molecule has 2 fully saturated rings. The number of allylic oxidation sites excluding steroid dienone is 3. The molecular formula is C35H50ClN3O9. The highest BCUT2D eigenvalue weighted by atomic mass is 35.5. The number of benzene rings is 1. The van der Waals surface area contributed by atoms with Gasteiger partial charge >= 0.3 is 12.1 Å². The predicted molar refractivity (Wildman–Crippen MR) is 181 cm³/mol. The minimum atomic E-state index is -1.81. The third-order valence-electron chi connectivity index (χ3n) is 9.89. The van der Waals surface area contributed by atoms with E-state index in [9.17, 15) is 19.5 Å². The van der Waals surface area contributed by atoms with Gasteiger partial charge in [-0.1, -0.05) is 35.4 Å². The quantitative estimate of drug-likeness (QED) is 0.410. The molecule has 48 heavy (non-hydrogen) atoms. The van der Waals surface area contributed by atoms with Crippen LogP contribution in [0.1, 0.15) is 66.4 Å². The number of hydrogen-bond donors (Lipinski definition) is 2. The van der Waals surface area contributed by atoms with Crippen molar-refractivity contribution in [2.75, 3.05) is 33.2 Å². The largest absolute Gasteiger partial charge is 0.495 e. The van der Waals surface area contributed by atoms with E-state index in [1.807, 2.05) is 50.9 Å². The summed E-state index contributed by atoms with van der Waals surface area (Å²) in [6, 6.07) is 3.10. The first-order chi connectivity index (χ1) is 22.4. The molecule has 0 spiro atoms. The number of halogens is 1. The van der Waals surface area contributed by atoms with Gasteiger partial charge in [0.25, 0.3) is 0 Å².